The molecule has 1 heterocycles. The van der Waals surface area contributed by atoms with Crippen molar-refractivity contribution < 1.29 is 41.1 Å². The average molecular weight is 549 g/mol. The lowest BCUT2D eigenvalue weighted by Gasteiger charge is -2.35. The number of carbonyl (C=O) groups is 1. The Morgan fingerprint density at radius 1 is 0.750 bits per heavy atom. The van der Waals surface area contributed by atoms with Gasteiger partial charge >= 0.3 is 10.6 Å². The first-order chi connectivity index (χ1) is 15.0. The normalized spacial score (nSPS) is 17.3. The fraction of sp³-hybridized carbons (Fsp3) is 0.947. The zero-order valence-corrected chi connectivity index (χ0v) is 22.0. The monoisotopic (exact) mass is 548 g/mol. The van der Waals surface area contributed by atoms with Crippen molar-refractivity contribution in [3.63, 3.8) is 0 Å². The van der Waals surface area contributed by atoms with Crippen molar-refractivity contribution in [3.8, 4) is 0 Å². The maximum absolute atomic E-state index is 12.6. The Bertz CT molecular complexity index is 625. The van der Waals surface area contributed by atoms with Crippen LogP contribution in [0, 0.1) is 0 Å². The molecule has 1 amide bonds. The van der Waals surface area contributed by atoms with Gasteiger partial charge in [-0.15, -0.1) is 12.6 Å². The lowest BCUT2D eigenvalue weighted by molar-refractivity contribution is -0.134. The molecule has 0 radical (unpaired) electrons. The Balaban J connectivity index is 0.00000220. The molecule has 0 aromatic rings. The molecule has 0 unspecified atom stereocenters. The smallest absolute Gasteiger partial charge is 0.379 e. The van der Waals surface area contributed by atoms with E-state index >= 15 is 0 Å². The molecule has 1 aliphatic heterocycles. The predicted molar refractivity (Wildman–Crippen MR) is 120 cm³/mol. The molecular weight excluding hydrogens is 512 g/mol. The molecule has 0 N–H and O–H groups in total. The summed E-state index contributed by atoms with van der Waals surface area (Å²) in [5.41, 5.74) is -0.967. The molecule has 190 valence electrons. The van der Waals surface area contributed by atoms with Gasteiger partial charge in [-0.1, -0.05) is 0 Å². The van der Waals surface area contributed by atoms with Crippen LogP contribution in [0.5, 0.6) is 0 Å². The summed E-state index contributed by atoms with van der Waals surface area (Å²) in [6.07, 6.45) is 0. The third-order valence-electron chi connectivity index (χ3n) is 4.55. The van der Waals surface area contributed by atoms with Crippen molar-refractivity contribution in [2.45, 2.75) is 45.8 Å². The van der Waals surface area contributed by atoms with Crippen molar-refractivity contribution in [2.75, 3.05) is 72.6 Å². The van der Waals surface area contributed by atoms with E-state index in [0.29, 0.717) is 72.6 Å². The van der Waals surface area contributed by atoms with E-state index in [9.17, 15) is 4.79 Å². The molecule has 11 nitrogen and oxygen atoms in total. The highest BCUT2D eigenvalue weighted by Gasteiger charge is 2.55. The number of halogens is 1. The van der Waals surface area contributed by atoms with E-state index in [4.69, 9.17) is 36.3 Å². The second-order valence-corrected chi connectivity index (χ2v) is 8.76. The van der Waals surface area contributed by atoms with Crippen LogP contribution in [-0.4, -0.2) is 111 Å². The molecule has 0 spiro atoms. The topological polar surface area (TPSA) is 121 Å². The molecule has 1 saturated heterocycles. The van der Waals surface area contributed by atoms with E-state index in [1.807, 2.05) is 43.4 Å². The minimum atomic E-state index is -3.11. The summed E-state index contributed by atoms with van der Waals surface area (Å²) >= 11 is 3.53. The third-order valence-corrected chi connectivity index (χ3v) is 6.31. The summed E-state index contributed by atoms with van der Waals surface area (Å²) in [6, 6.07) is 0. The van der Waals surface area contributed by atoms with E-state index in [-0.39, 0.29) is 5.91 Å². The van der Waals surface area contributed by atoms with Crippen LogP contribution in [-0.2, 0) is 39.1 Å². The molecule has 0 atom stereocenters. The van der Waals surface area contributed by atoms with Gasteiger partial charge in [-0.25, -0.2) is 3.93 Å². The number of ether oxygens (including phenoxy) is 5. The van der Waals surface area contributed by atoms with Crippen molar-refractivity contribution >= 4 is 32.7 Å². The standard InChI is InChI=1S/C19H37BrN2O6.O3S/c1-6-24-9-10-26-13-14-28-16-15-27-12-11-25-8-7-21-17(23)18(2,3)22(20)19(21,4)5;1-4(2)3/h6-16H2,1-5H3;. The highest BCUT2D eigenvalue weighted by Crippen LogP contribution is 2.40. The maximum atomic E-state index is 12.6. The Morgan fingerprint density at radius 3 is 1.41 bits per heavy atom. The Labute approximate surface area is 201 Å². The van der Waals surface area contributed by atoms with Crippen LogP contribution in [0.1, 0.15) is 34.6 Å². The molecule has 0 aromatic heterocycles. The van der Waals surface area contributed by atoms with E-state index in [1.54, 1.807) is 0 Å². The molecule has 1 aliphatic rings. The van der Waals surface area contributed by atoms with Crippen LogP contribution in [0.3, 0.4) is 0 Å². The van der Waals surface area contributed by atoms with Crippen molar-refractivity contribution in [1.82, 2.24) is 8.83 Å². The van der Waals surface area contributed by atoms with Gasteiger partial charge in [0.25, 0.3) is 0 Å². The summed E-state index contributed by atoms with van der Waals surface area (Å²) in [5.74, 6) is 0.0910. The lowest BCUT2D eigenvalue weighted by atomic mass is 10.1. The Morgan fingerprint density at radius 2 is 1.09 bits per heavy atom. The van der Waals surface area contributed by atoms with Gasteiger partial charge in [-0.05, 0) is 34.6 Å². The number of amides is 1. The van der Waals surface area contributed by atoms with Crippen molar-refractivity contribution in [1.29, 1.82) is 0 Å². The third kappa shape index (κ3) is 12.0. The SMILES string of the molecule is CCOCCOCCOCCOCCOCCN1C(=O)C(C)(C)N(Br)C1(C)C.O=S(=O)=O. The maximum Gasteiger partial charge on any atom is 0.425 e. The van der Waals surface area contributed by atoms with Gasteiger partial charge in [-0.3, -0.25) is 4.79 Å². The van der Waals surface area contributed by atoms with Crippen LogP contribution in [0.15, 0.2) is 0 Å². The number of hydrogen-bond acceptors (Lipinski definition) is 10. The first-order valence-electron chi connectivity index (χ1n) is 10.4. The van der Waals surface area contributed by atoms with Crippen LogP contribution >= 0.6 is 16.1 Å². The van der Waals surface area contributed by atoms with E-state index in [0.717, 1.165) is 0 Å². The highest BCUT2D eigenvalue weighted by atomic mass is 79.9. The summed E-state index contributed by atoms with van der Waals surface area (Å²) in [5, 5.41) is 0. The van der Waals surface area contributed by atoms with Gasteiger partial charge in [0.1, 0.15) is 11.2 Å². The largest absolute Gasteiger partial charge is 0.425 e. The molecule has 0 saturated carbocycles. The second-order valence-electron chi connectivity index (χ2n) is 7.64. The molecule has 32 heavy (non-hydrogen) atoms. The van der Waals surface area contributed by atoms with Crippen molar-refractivity contribution in [3.05, 3.63) is 0 Å². The lowest BCUT2D eigenvalue weighted by Crippen LogP contribution is -2.47. The summed E-state index contributed by atoms with van der Waals surface area (Å²) in [7, 11) is -3.11. The molecule has 0 bridgehead atoms. The number of hydrogen-bond donors (Lipinski definition) is 0. The van der Waals surface area contributed by atoms with Gasteiger partial charge in [0.05, 0.1) is 59.5 Å². The van der Waals surface area contributed by atoms with E-state index in [1.165, 1.54) is 0 Å². The van der Waals surface area contributed by atoms with Gasteiger partial charge < -0.3 is 28.6 Å². The Kier molecular flexibility index (Phi) is 16.5. The summed E-state index contributed by atoms with van der Waals surface area (Å²) in [6.45, 7) is 15.9. The van der Waals surface area contributed by atoms with Gasteiger partial charge in [-0.2, -0.15) is 0 Å². The van der Waals surface area contributed by atoms with Crippen molar-refractivity contribution in [2.24, 2.45) is 0 Å². The first-order valence-corrected chi connectivity index (χ1v) is 12.1. The van der Waals surface area contributed by atoms with Crippen LogP contribution in [0.2, 0.25) is 0 Å². The van der Waals surface area contributed by atoms with Gasteiger partial charge in [0.15, 0.2) is 0 Å². The predicted octanol–water partition coefficient (Wildman–Crippen LogP) is 1.05. The van der Waals surface area contributed by atoms with Crippen LogP contribution in [0.25, 0.3) is 0 Å². The molecule has 13 heteroatoms. The Hall–Kier alpha value is -0.670. The molecule has 0 aliphatic carbocycles. The first kappa shape index (κ1) is 31.3. The number of rotatable bonds is 16. The highest BCUT2D eigenvalue weighted by molar-refractivity contribution is 9.07. The minimum Gasteiger partial charge on any atom is -0.379 e. The van der Waals surface area contributed by atoms with E-state index in [2.05, 4.69) is 16.1 Å². The quantitative estimate of drug-likeness (QED) is 0.204. The zero-order chi connectivity index (χ0) is 24.6. The van der Waals surface area contributed by atoms with Gasteiger partial charge in [0, 0.05) is 29.3 Å². The molecular formula is C19H37BrN2O9S. The number of nitrogens with zero attached hydrogens (tertiary/aromatic N) is 2. The fourth-order valence-electron chi connectivity index (χ4n) is 3.01. The molecule has 1 rings (SSSR count). The zero-order valence-electron chi connectivity index (χ0n) is 19.6. The molecule has 1 fully saturated rings. The second kappa shape index (κ2) is 16.9. The van der Waals surface area contributed by atoms with Crippen LogP contribution < -0.4 is 0 Å². The average Bonchev–Trinajstić information content (AvgIpc) is 2.82. The van der Waals surface area contributed by atoms with E-state index < -0.39 is 21.8 Å². The summed E-state index contributed by atoms with van der Waals surface area (Å²) in [4.78, 5) is 14.4. The fourth-order valence-corrected chi connectivity index (χ4v) is 3.35. The van der Waals surface area contributed by atoms with Gasteiger partial charge in [0.2, 0.25) is 5.91 Å². The minimum absolute atomic E-state index is 0.0910. The van der Waals surface area contributed by atoms with Crippen LogP contribution in [0.4, 0.5) is 0 Å². The summed E-state index contributed by atoms with van der Waals surface area (Å²) < 4.78 is 54.3. The number of carbonyl (C=O) groups excluding carboxylic acids is 1. The molecule has 0 aromatic carbocycles.